The molecule has 0 aliphatic heterocycles. The highest BCUT2D eigenvalue weighted by Crippen LogP contribution is 2.20. The van der Waals surface area contributed by atoms with Crippen LogP contribution in [0.1, 0.15) is 25.0 Å². The van der Waals surface area contributed by atoms with Crippen molar-refractivity contribution in [3.05, 3.63) is 48.0 Å². The van der Waals surface area contributed by atoms with Gasteiger partial charge in [0.1, 0.15) is 6.10 Å². The minimum Gasteiger partial charge on any atom is -0.478 e. The molecule has 1 aromatic carbocycles. The lowest BCUT2D eigenvalue weighted by Gasteiger charge is -2.15. The van der Waals surface area contributed by atoms with Gasteiger partial charge in [-0.3, -0.25) is 0 Å². The Hall–Kier alpha value is -2.10. The lowest BCUT2D eigenvalue weighted by Crippen LogP contribution is -2.09. The molecule has 0 unspecified atom stereocenters. The molecule has 1 N–H and O–H groups in total. The molecule has 1 aromatic rings. The van der Waals surface area contributed by atoms with E-state index >= 15 is 0 Å². The van der Waals surface area contributed by atoms with E-state index in [4.69, 9.17) is 9.84 Å². The maximum Gasteiger partial charge on any atom is 0.331 e. The molecule has 0 heterocycles. The summed E-state index contributed by atoms with van der Waals surface area (Å²) in [5, 5.41) is 8.38. The molecule has 4 heteroatoms. The van der Waals surface area contributed by atoms with Crippen LogP contribution in [0.2, 0.25) is 0 Å². The minimum absolute atomic E-state index is 0.345. The molecule has 17 heavy (non-hydrogen) atoms. The number of aliphatic carboxylic acids is 1. The standard InChI is InChI=1S/C13H14O4/c1-2-11(10-6-4-3-5-7-10)17-13(16)9-8-12(14)15/h3-9,11H,2H2,1H3,(H,14,15)/b9-8-/t11-/m1/s1. The van der Waals surface area contributed by atoms with Gasteiger partial charge in [0, 0.05) is 12.2 Å². The number of carbonyl (C=O) groups excluding carboxylic acids is 1. The first-order chi connectivity index (χ1) is 8.13. The molecule has 0 bridgehead atoms. The highest BCUT2D eigenvalue weighted by Gasteiger charge is 2.12. The molecule has 0 radical (unpaired) electrons. The topological polar surface area (TPSA) is 63.6 Å². The Labute approximate surface area is 99.5 Å². The van der Waals surface area contributed by atoms with Gasteiger partial charge < -0.3 is 9.84 Å². The van der Waals surface area contributed by atoms with Crippen molar-refractivity contribution in [1.82, 2.24) is 0 Å². The summed E-state index contributed by atoms with van der Waals surface area (Å²) in [5.41, 5.74) is 0.895. The highest BCUT2D eigenvalue weighted by molar-refractivity contribution is 5.90. The molecular weight excluding hydrogens is 220 g/mol. The lowest BCUT2D eigenvalue weighted by atomic mass is 10.1. The number of hydrogen-bond acceptors (Lipinski definition) is 3. The van der Waals surface area contributed by atoms with Gasteiger partial charge in [-0.05, 0) is 12.0 Å². The largest absolute Gasteiger partial charge is 0.478 e. The lowest BCUT2D eigenvalue weighted by molar-refractivity contribution is -0.144. The van der Waals surface area contributed by atoms with Crippen molar-refractivity contribution >= 4 is 11.9 Å². The third-order valence-electron chi connectivity index (χ3n) is 2.16. The zero-order valence-electron chi connectivity index (χ0n) is 9.50. The number of hydrogen-bond donors (Lipinski definition) is 1. The molecular formula is C13H14O4. The number of esters is 1. The Kier molecular flexibility index (Phi) is 4.94. The Morgan fingerprint density at radius 1 is 1.29 bits per heavy atom. The molecule has 1 rings (SSSR count). The van der Waals surface area contributed by atoms with Crippen molar-refractivity contribution in [2.45, 2.75) is 19.4 Å². The van der Waals surface area contributed by atoms with Crippen LogP contribution in [0.15, 0.2) is 42.5 Å². The molecule has 0 amide bonds. The smallest absolute Gasteiger partial charge is 0.331 e. The first-order valence-electron chi connectivity index (χ1n) is 5.30. The number of ether oxygens (including phenoxy) is 1. The van der Waals surface area contributed by atoms with Crippen LogP contribution in [-0.4, -0.2) is 17.0 Å². The monoisotopic (exact) mass is 234 g/mol. The van der Waals surface area contributed by atoms with Crippen LogP contribution in [-0.2, 0) is 14.3 Å². The second kappa shape index (κ2) is 6.48. The van der Waals surface area contributed by atoms with E-state index in [1.165, 1.54) is 0 Å². The summed E-state index contributed by atoms with van der Waals surface area (Å²) in [7, 11) is 0. The molecule has 0 saturated heterocycles. The zero-order valence-corrected chi connectivity index (χ0v) is 9.50. The minimum atomic E-state index is -1.17. The summed E-state index contributed by atoms with van der Waals surface area (Å²) in [6.45, 7) is 1.89. The van der Waals surface area contributed by atoms with E-state index in [1.807, 2.05) is 37.3 Å². The maximum atomic E-state index is 11.3. The molecule has 4 nitrogen and oxygen atoms in total. The number of benzene rings is 1. The second-order valence-electron chi connectivity index (χ2n) is 3.42. The van der Waals surface area contributed by atoms with Gasteiger partial charge >= 0.3 is 11.9 Å². The van der Waals surface area contributed by atoms with Crippen molar-refractivity contribution in [3.8, 4) is 0 Å². The van der Waals surface area contributed by atoms with Crippen molar-refractivity contribution in [2.24, 2.45) is 0 Å². The molecule has 90 valence electrons. The van der Waals surface area contributed by atoms with Gasteiger partial charge in [-0.1, -0.05) is 37.3 Å². The molecule has 0 saturated carbocycles. The Morgan fingerprint density at radius 3 is 2.47 bits per heavy atom. The van der Waals surface area contributed by atoms with E-state index in [0.29, 0.717) is 6.42 Å². The van der Waals surface area contributed by atoms with Crippen LogP contribution >= 0.6 is 0 Å². The third kappa shape index (κ3) is 4.51. The van der Waals surface area contributed by atoms with Crippen LogP contribution in [0.4, 0.5) is 0 Å². The summed E-state index contributed by atoms with van der Waals surface area (Å²) < 4.78 is 5.15. The van der Waals surface area contributed by atoms with Crippen LogP contribution in [0.5, 0.6) is 0 Å². The summed E-state index contributed by atoms with van der Waals surface area (Å²) in [6.07, 6.45) is 1.96. The van der Waals surface area contributed by atoms with E-state index < -0.39 is 11.9 Å². The highest BCUT2D eigenvalue weighted by atomic mass is 16.5. The van der Waals surface area contributed by atoms with E-state index in [0.717, 1.165) is 17.7 Å². The first-order valence-corrected chi connectivity index (χ1v) is 5.30. The Balaban J connectivity index is 2.65. The van der Waals surface area contributed by atoms with Crippen LogP contribution in [0, 0.1) is 0 Å². The molecule has 0 aliphatic rings. The van der Waals surface area contributed by atoms with Gasteiger partial charge in [-0.25, -0.2) is 9.59 Å². The third-order valence-corrected chi connectivity index (χ3v) is 2.16. The fourth-order valence-electron chi connectivity index (χ4n) is 1.37. The van der Waals surface area contributed by atoms with Gasteiger partial charge in [0.25, 0.3) is 0 Å². The predicted molar refractivity (Wildman–Crippen MR) is 62.3 cm³/mol. The predicted octanol–water partition coefficient (Wildman–Crippen LogP) is 2.32. The average Bonchev–Trinajstić information content (AvgIpc) is 2.34. The second-order valence-corrected chi connectivity index (χ2v) is 3.42. The van der Waals surface area contributed by atoms with Gasteiger partial charge in [-0.15, -0.1) is 0 Å². The van der Waals surface area contributed by atoms with Crippen LogP contribution in [0.3, 0.4) is 0 Å². The summed E-state index contributed by atoms with van der Waals surface area (Å²) in [5.74, 6) is -1.82. The SMILES string of the molecule is CC[C@@H](OC(=O)/C=C\C(=O)O)c1ccccc1. The molecule has 0 aromatic heterocycles. The zero-order chi connectivity index (χ0) is 12.7. The summed E-state index contributed by atoms with van der Waals surface area (Å²) >= 11 is 0. The number of carbonyl (C=O) groups is 2. The van der Waals surface area contributed by atoms with Crippen molar-refractivity contribution in [2.75, 3.05) is 0 Å². The number of carboxylic acid groups (broad SMARTS) is 1. The van der Waals surface area contributed by atoms with Crippen molar-refractivity contribution < 1.29 is 19.4 Å². The fraction of sp³-hybridized carbons (Fsp3) is 0.231. The Bertz CT molecular complexity index is 409. The average molecular weight is 234 g/mol. The van der Waals surface area contributed by atoms with Gasteiger partial charge in [-0.2, -0.15) is 0 Å². The van der Waals surface area contributed by atoms with E-state index in [9.17, 15) is 9.59 Å². The van der Waals surface area contributed by atoms with Crippen LogP contribution < -0.4 is 0 Å². The molecule has 0 fully saturated rings. The van der Waals surface area contributed by atoms with Gasteiger partial charge in [0.05, 0.1) is 0 Å². The number of carboxylic acids is 1. The van der Waals surface area contributed by atoms with E-state index in [1.54, 1.807) is 0 Å². The first kappa shape index (κ1) is 13.0. The van der Waals surface area contributed by atoms with Crippen LogP contribution in [0.25, 0.3) is 0 Å². The molecule has 0 spiro atoms. The molecule has 0 aliphatic carbocycles. The van der Waals surface area contributed by atoms with Crippen molar-refractivity contribution in [1.29, 1.82) is 0 Å². The van der Waals surface area contributed by atoms with E-state index in [-0.39, 0.29) is 6.10 Å². The Morgan fingerprint density at radius 2 is 1.94 bits per heavy atom. The summed E-state index contributed by atoms with van der Waals surface area (Å²) in [4.78, 5) is 21.6. The van der Waals surface area contributed by atoms with Crippen molar-refractivity contribution in [3.63, 3.8) is 0 Å². The quantitative estimate of drug-likeness (QED) is 0.627. The normalized spacial score (nSPS) is 12.3. The van der Waals surface area contributed by atoms with Gasteiger partial charge in [0.15, 0.2) is 0 Å². The summed E-state index contributed by atoms with van der Waals surface area (Å²) in [6, 6.07) is 9.32. The van der Waals surface area contributed by atoms with E-state index in [2.05, 4.69) is 0 Å². The van der Waals surface area contributed by atoms with Gasteiger partial charge in [0.2, 0.25) is 0 Å². The molecule has 1 atom stereocenters. The maximum absolute atomic E-state index is 11.3. The number of rotatable bonds is 5. The fourth-order valence-corrected chi connectivity index (χ4v) is 1.37.